The van der Waals surface area contributed by atoms with E-state index in [-0.39, 0.29) is 0 Å². The highest BCUT2D eigenvalue weighted by Crippen LogP contribution is 2.25. The highest BCUT2D eigenvalue weighted by atomic mass is 16.5. The molecule has 0 aliphatic carbocycles. The Morgan fingerprint density at radius 2 is 1.64 bits per heavy atom. The van der Waals surface area contributed by atoms with Crippen LogP contribution in [0.1, 0.15) is 5.56 Å². The zero-order valence-corrected chi connectivity index (χ0v) is 12.3. The molecule has 4 heteroatoms. The molecule has 0 amide bonds. The van der Waals surface area contributed by atoms with E-state index in [0.29, 0.717) is 11.5 Å². The molecule has 4 nitrogen and oxygen atoms in total. The molecule has 0 atom stereocenters. The molecule has 1 heterocycles. The normalized spacial score (nSPS) is 10.2. The van der Waals surface area contributed by atoms with Gasteiger partial charge in [0.25, 0.3) is 0 Å². The van der Waals surface area contributed by atoms with E-state index in [1.807, 2.05) is 67.6 Å². The topological polar surface area (TPSA) is 60.2 Å². The number of aromatic nitrogens is 1. The number of nitrogens with one attached hydrogen (secondary N) is 1. The van der Waals surface area contributed by atoms with Gasteiger partial charge in [0.15, 0.2) is 5.82 Å². The molecule has 3 N–H and O–H groups in total. The summed E-state index contributed by atoms with van der Waals surface area (Å²) in [6, 6.07) is 19.2. The van der Waals surface area contributed by atoms with Crippen molar-refractivity contribution in [1.29, 1.82) is 0 Å². The summed E-state index contributed by atoms with van der Waals surface area (Å²) in [5, 5.41) is 3.20. The number of para-hydroxylation sites is 1. The molecule has 0 aliphatic rings. The van der Waals surface area contributed by atoms with E-state index in [2.05, 4.69) is 10.3 Å². The van der Waals surface area contributed by atoms with Crippen molar-refractivity contribution in [2.24, 2.45) is 0 Å². The molecular weight excluding hydrogens is 274 g/mol. The second-order valence-electron chi connectivity index (χ2n) is 5.01. The van der Waals surface area contributed by atoms with Gasteiger partial charge in [0, 0.05) is 11.9 Å². The molecular formula is C18H17N3O. The van der Waals surface area contributed by atoms with Crippen molar-refractivity contribution in [3.63, 3.8) is 0 Å². The molecule has 2 aromatic carbocycles. The fraction of sp³-hybridized carbons (Fsp3) is 0.0556. The van der Waals surface area contributed by atoms with Crippen LogP contribution < -0.4 is 15.8 Å². The van der Waals surface area contributed by atoms with E-state index in [1.165, 1.54) is 0 Å². The number of hydrogen-bond acceptors (Lipinski definition) is 4. The van der Waals surface area contributed by atoms with Crippen LogP contribution in [0.5, 0.6) is 11.5 Å². The molecule has 0 bridgehead atoms. The first kappa shape index (κ1) is 13.9. The molecule has 3 rings (SSSR count). The minimum atomic E-state index is 0.629. The number of benzene rings is 2. The van der Waals surface area contributed by atoms with Gasteiger partial charge in [-0.15, -0.1) is 0 Å². The zero-order valence-electron chi connectivity index (χ0n) is 12.3. The van der Waals surface area contributed by atoms with Gasteiger partial charge < -0.3 is 15.8 Å². The molecule has 22 heavy (non-hydrogen) atoms. The van der Waals surface area contributed by atoms with E-state index in [9.17, 15) is 0 Å². The lowest BCUT2D eigenvalue weighted by Crippen LogP contribution is -1.99. The third-order valence-corrected chi connectivity index (χ3v) is 3.15. The van der Waals surface area contributed by atoms with Crippen LogP contribution in [0.15, 0.2) is 66.9 Å². The molecule has 0 radical (unpaired) electrons. The number of hydrogen-bond donors (Lipinski definition) is 2. The van der Waals surface area contributed by atoms with Crippen molar-refractivity contribution >= 4 is 17.2 Å². The average molecular weight is 291 g/mol. The number of nitrogen functional groups attached to an aromatic ring is 1. The third kappa shape index (κ3) is 3.35. The molecule has 3 aromatic rings. The molecule has 0 fully saturated rings. The lowest BCUT2D eigenvalue weighted by molar-refractivity contribution is 0.483. The monoisotopic (exact) mass is 291 g/mol. The number of ether oxygens (including phenoxy) is 1. The van der Waals surface area contributed by atoms with Crippen LogP contribution in [0.25, 0.3) is 0 Å². The molecule has 0 aliphatic heterocycles. The summed E-state index contributed by atoms with van der Waals surface area (Å²) in [6.45, 7) is 1.96. The Labute approximate surface area is 129 Å². The lowest BCUT2D eigenvalue weighted by Gasteiger charge is -2.10. The summed E-state index contributed by atoms with van der Waals surface area (Å²) in [5.74, 6) is 2.25. The summed E-state index contributed by atoms with van der Waals surface area (Å²) in [4.78, 5) is 4.30. The summed E-state index contributed by atoms with van der Waals surface area (Å²) < 4.78 is 5.75. The minimum Gasteiger partial charge on any atom is -0.457 e. The highest BCUT2D eigenvalue weighted by molar-refractivity contribution is 5.69. The number of aryl methyl sites for hydroxylation is 1. The quantitative estimate of drug-likeness (QED) is 0.742. The predicted molar refractivity (Wildman–Crippen MR) is 89.6 cm³/mol. The third-order valence-electron chi connectivity index (χ3n) is 3.15. The van der Waals surface area contributed by atoms with Crippen molar-refractivity contribution in [2.75, 3.05) is 11.1 Å². The van der Waals surface area contributed by atoms with Crippen molar-refractivity contribution in [3.8, 4) is 11.5 Å². The van der Waals surface area contributed by atoms with Gasteiger partial charge in [-0.05, 0) is 55.0 Å². The van der Waals surface area contributed by atoms with Crippen LogP contribution in [0.3, 0.4) is 0 Å². The number of anilines is 3. The molecule has 0 unspecified atom stereocenters. The molecule has 0 saturated heterocycles. The Balaban J connectivity index is 1.71. The first-order valence-corrected chi connectivity index (χ1v) is 7.03. The smallest absolute Gasteiger partial charge is 0.153 e. The molecule has 0 saturated carbocycles. The fourth-order valence-electron chi connectivity index (χ4n) is 2.06. The standard InChI is InChI=1S/C18H17N3O/c1-13-11-17(19)18(20-12-13)21-14-7-9-16(10-8-14)22-15-5-3-2-4-6-15/h2-12H,19H2,1H3,(H,20,21). The molecule has 110 valence electrons. The second-order valence-corrected chi connectivity index (χ2v) is 5.01. The Morgan fingerprint density at radius 3 is 2.32 bits per heavy atom. The first-order chi connectivity index (χ1) is 10.7. The van der Waals surface area contributed by atoms with E-state index < -0.39 is 0 Å². The summed E-state index contributed by atoms with van der Waals surface area (Å²) in [6.07, 6.45) is 1.78. The van der Waals surface area contributed by atoms with Gasteiger partial charge >= 0.3 is 0 Å². The largest absolute Gasteiger partial charge is 0.457 e. The average Bonchev–Trinajstić information content (AvgIpc) is 2.53. The van der Waals surface area contributed by atoms with Gasteiger partial charge in [0.05, 0.1) is 5.69 Å². The SMILES string of the molecule is Cc1cnc(Nc2ccc(Oc3ccccc3)cc2)c(N)c1. The van der Waals surface area contributed by atoms with Gasteiger partial charge in [0.1, 0.15) is 11.5 Å². The van der Waals surface area contributed by atoms with Gasteiger partial charge in [-0.25, -0.2) is 4.98 Å². The second kappa shape index (κ2) is 6.18. The maximum absolute atomic E-state index is 5.95. The van der Waals surface area contributed by atoms with Gasteiger partial charge in [-0.1, -0.05) is 18.2 Å². The zero-order chi connectivity index (χ0) is 15.4. The van der Waals surface area contributed by atoms with E-state index in [1.54, 1.807) is 6.20 Å². The molecule has 1 aromatic heterocycles. The van der Waals surface area contributed by atoms with Crippen LogP contribution in [0, 0.1) is 6.92 Å². The van der Waals surface area contributed by atoms with Crippen LogP contribution >= 0.6 is 0 Å². The van der Waals surface area contributed by atoms with E-state index >= 15 is 0 Å². The summed E-state index contributed by atoms with van der Waals surface area (Å²) in [5.41, 5.74) is 8.52. The lowest BCUT2D eigenvalue weighted by atomic mass is 10.2. The van der Waals surface area contributed by atoms with Crippen LogP contribution in [-0.4, -0.2) is 4.98 Å². The highest BCUT2D eigenvalue weighted by Gasteiger charge is 2.02. The first-order valence-electron chi connectivity index (χ1n) is 7.03. The van der Waals surface area contributed by atoms with E-state index in [0.717, 1.165) is 22.7 Å². The number of rotatable bonds is 4. The Hall–Kier alpha value is -3.01. The summed E-state index contributed by atoms with van der Waals surface area (Å²) >= 11 is 0. The minimum absolute atomic E-state index is 0.629. The number of nitrogens with zero attached hydrogens (tertiary/aromatic N) is 1. The summed E-state index contributed by atoms with van der Waals surface area (Å²) in [7, 11) is 0. The number of nitrogens with two attached hydrogens (primary N) is 1. The van der Waals surface area contributed by atoms with Crippen molar-refractivity contribution in [2.45, 2.75) is 6.92 Å². The van der Waals surface area contributed by atoms with Gasteiger partial charge in [-0.3, -0.25) is 0 Å². The predicted octanol–water partition coefficient (Wildman–Crippen LogP) is 4.51. The molecule has 0 spiro atoms. The van der Waals surface area contributed by atoms with Gasteiger partial charge in [-0.2, -0.15) is 0 Å². The fourth-order valence-corrected chi connectivity index (χ4v) is 2.06. The van der Waals surface area contributed by atoms with Gasteiger partial charge in [0.2, 0.25) is 0 Å². The Kier molecular flexibility index (Phi) is 3.92. The van der Waals surface area contributed by atoms with Crippen LogP contribution in [-0.2, 0) is 0 Å². The number of pyridine rings is 1. The Morgan fingerprint density at radius 1 is 0.955 bits per heavy atom. The van der Waals surface area contributed by atoms with Crippen LogP contribution in [0.4, 0.5) is 17.2 Å². The van der Waals surface area contributed by atoms with Crippen molar-refractivity contribution in [1.82, 2.24) is 4.98 Å². The van der Waals surface area contributed by atoms with E-state index in [4.69, 9.17) is 10.5 Å². The van der Waals surface area contributed by atoms with Crippen molar-refractivity contribution in [3.05, 3.63) is 72.4 Å². The maximum atomic E-state index is 5.95. The maximum Gasteiger partial charge on any atom is 0.153 e. The Bertz CT molecular complexity index is 755. The van der Waals surface area contributed by atoms with Crippen molar-refractivity contribution < 1.29 is 4.74 Å². The van der Waals surface area contributed by atoms with Crippen LogP contribution in [0.2, 0.25) is 0 Å².